The predicted octanol–water partition coefficient (Wildman–Crippen LogP) is 3.33. The van der Waals surface area contributed by atoms with E-state index < -0.39 is 11.5 Å². The van der Waals surface area contributed by atoms with Crippen LogP contribution in [0.1, 0.15) is 59.0 Å². The van der Waals surface area contributed by atoms with E-state index in [9.17, 15) is 14.4 Å². The average molecular weight is 354 g/mol. The van der Waals surface area contributed by atoms with Gasteiger partial charge in [0.15, 0.2) is 5.78 Å². The highest BCUT2D eigenvalue weighted by Gasteiger charge is 2.22. The van der Waals surface area contributed by atoms with Crippen molar-refractivity contribution in [1.82, 2.24) is 4.98 Å². The standard InChI is InChI=1S/C20H22N2O4/c1-2-3-11-26-14-9-7-13(8-10-14)21-19(24)16-12-15-17(22-20(16)25)5-4-6-18(15)23/h7-10,12H,2-6,11H2,1H3,(H,21,24)(H,22,25). The summed E-state index contributed by atoms with van der Waals surface area (Å²) in [5.41, 5.74) is 1.09. The number of Topliss-reactive ketones (excluding diaryl/α,β-unsaturated/α-hetero) is 1. The van der Waals surface area contributed by atoms with E-state index in [2.05, 4.69) is 17.2 Å². The topological polar surface area (TPSA) is 88.3 Å². The van der Waals surface area contributed by atoms with Crippen LogP contribution in [0.15, 0.2) is 35.1 Å². The number of nitrogens with one attached hydrogen (secondary N) is 2. The molecule has 1 aromatic carbocycles. The summed E-state index contributed by atoms with van der Waals surface area (Å²) in [5, 5.41) is 2.69. The number of ketones is 1. The van der Waals surface area contributed by atoms with Crippen molar-refractivity contribution in [2.24, 2.45) is 0 Å². The summed E-state index contributed by atoms with van der Waals surface area (Å²) in [6, 6.07) is 8.39. The number of fused-ring (bicyclic) bond motifs is 1. The van der Waals surface area contributed by atoms with Crippen LogP contribution >= 0.6 is 0 Å². The fraction of sp³-hybridized carbons (Fsp3) is 0.350. The first-order valence-corrected chi connectivity index (χ1v) is 8.92. The van der Waals surface area contributed by atoms with Gasteiger partial charge in [-0.1, -0.05) is 13.3 Å². The van der Waals surface area contributed by atoms with E-state index in [0.717, 1.165) is 25.0 Å². The summed E-state index contributed by atoms with van der Waals surface area (Å²) >= 11 is 0. The first-order chi connectivity index (χ1) is 12.6. The van der Waals surface area contributed by atoms with E-state index >= 15 is 0 Å². The van der Waals surface area contributed by atoms with Gasteiger partial charge in [-0.3, -0.25) is 14.4 Å². The maximum absolute atomic E-state index is 12.4. The van der Waals surface area contributed by atoms with Crippen molar-refractivity contribution in [1.29, 1.82) is 0 Å². The number of amides is 1. The Labute approximate surface area is 151 Å². The third kappa shape index (κ3) is 4.02. The first kappa shape index (κ1) is 17.9. The van der Waals surface area contributed by atoms with E-state index in [1.807, 2.05) is 0 Å². The Morgan fingerprint density at radius 1 is 1.19 bits per heavy atom. The summed E-state index contributed by atoms with van der Waals surface area (Å²) in [5.74, 6) is 0.158. The van der Waals surface area contributed by atoms with Crippen LogP contribution in [0.3, 0.4) is 0 Å². The first-order valence-electron chi connectivity index (χ1n) is 8.92. The number of aromatic nitrogens is 1. The Hall–Kier alpha value is -2.89. The normalized spacial score (nSPS) is 13.2. The van der Waals surface area contributed by atoms with Gasteiger partial charge in [0.25, 0.3) is 11.5 Å². The maximum atomic E-state index is 12.4. The van der Waals surface area contributed by atoms with Crippen LogP contribution in [-0.4, -0.2) is 23.3 Å². The largest absolute Gasteiger partial charge is 0.494 e. The summed E-state index contributed by atoms with van der Waals surface area (Å²) in [4.78, 5) is 39.3. The average Bonchev–Trinajstić information content (AvgIpc) is 2.63. The van der Waals surface area contributed by atoms with Crippen molar-refractivity contribution in [2.75, 3.05) is 11.9 Å². The molecule has 1 aromatic heterocycles. The molecule has 2 aromatic rings. The third-order valence-corrected chi connectivity index (χ3v) is 4.38. The molecule has 6 heteroatoms. The van der Waals surface area contributed by atoms with Crippen molar-refractivity contribution in [3.63, 3.8) is 0 Å². The highest BCUT2D eigenvalue weighted by atomic mass is 16.5. The molecule has 26 heavy (non-hydrogen) atoms. The molecule has 0 unspecified atom stereocenters. The SMILES string of the molecule is CCCCOc1ccc(NC(=O)c2cc3c([nH]c2=O)CCCC3=O)cc1. The van der Waals surface area contributed by atoms with Crippen LogP contribution in [0.5, 0.6) is 5.75 Å². The number of carbonyl (C=O) groups excluding carboxylic acids is 2. The second kappa shape index (κ2) is 7.99. The third-order valence-electron chi connectivity index (χ3n) is 4.38. The summed E-state index contributed by atoms with van der Waals surface area (Å²) in [6.07, 6.45) is 3.86. The minimum Gasteiger partial charge on any atom is -0.494 e. The van der Waals surface area contributed by atoms with Crippen LogP contribution in [0.4, 0.5) is 5.69 Å². The van der Waals surface area contributed by atoms with Crippen molar-refractivity contribution >= 4 is 17.4 Å². The van der Waals surface area contributed by atoms with E-state index in [0.29, 0.717) is 36.4 Å². The summed E-state index contributed by atoms with van der Waals surface area (Å²) in [7, 11) is 0. The Kier molecular flexibility index (Phi) is 5.51. The zero-order valence-corrected chi connectivity index (χ0v) is 14.8. The molecule has 0 saturated heterocycles. The molecule has 136 valence electrons. The Bertz CT molecular complexity index is 868. The highest BCUT2D eigenvalue weighted by Crippen LogP contribution is 2.20. The molecule has 0 spiro atoms. The van der Waals surface area contributed by atoms with Gasteiger partial charge in [-0.15, -0.1) is 0 Å². The summed E-state index contributed by atoms with van der Waals surface area (Å²) in [6.45, 7) is 2.75. The lowest BCUT2D eigenvalue weighted by Gasteiger charge is -2.15. The van der Waals surface area contributed by atoms with Gasteiger partial charge in [0, 0.05) is 23.4 Å². The molecule has 0 atom stereocenters. The van der Waals surface area contributed by atoms with Crippen molar-refractivity contribution in [2.45, 2.75) is 39.0 Å². The Balaban J connectivity index is 1.73. The zero-order valence-electron chi connectivity index (χ0n) is 14.8. The number of pyridine rings is 1. The van der Waals surface area contributed by atoms with Gasteiger partial charge >= 0.3 is 0 Å². The second-order valence-corrected chi connectivity index (χ2v) is 6.36. The molecule has 0 bridgehead atoms. The lowest BCUT2D eigenvalue weighted by Crippen LogP contribution is -2.27. The van der Waals surface area contributed by atoms with Crippen LogP contribution in [0.2, 0.25) is 0 Å². The number of benzene rings is 1. The molecular formula is C20H22N2O4. The lowest BCUT2D eigenvalue weighted by molar-refractivity contribution is 0.0971. The molecule has 1 aliphatic rings. The van der Waals surface area contributed by atoms with Gasteiger partial charge in [-0.05, 0) is 49.6 Å². The number of aryl methyl sites for hydroxylation is 1. The molecule has 1 heterocycles. The molecular weight excluding hydrogens is 332 g/mol. The number of rotatable bonds is 6. The Morgan fingerprint density at radius 2 is 1.96 bits per heavy atom. The molecule has 2 N–H and O–H groups in total. The molecule has 3 rings (SSSR count). The van der Waals surface area contributed by atoms with E-state index in [1.54, 1.807) is 24.3 Å². The van der Waals surface area contributed by atoms with Gasteiger partial charge < -0.3 is 15.0 Å². The van der Waals surface area contributed by atoms with Crippen molar-refractivity contribution in [3.05, 3.63) is 57.5 Å². The number of ether oxygens (including phenoxy) is 1. The van der Waals surface area contributed by atoms with Gasteiger partial charge in [0.1, 0.15) is 11.3 Å². The van der Waals surface area contributed by atoms with Crippen LogP contribution < -0.4 is 15.6 Å². The predicted molar refractivity (Wildman–Crippen MR) is 99.1 cm³/mol. The van der Waals surface area contributed by atoms with Crippen molar-refractivity contribution in [3.8, 4) is 5.75 Å². The molecule has 0 radical (unpaired) electrons. The number of H-pyrrole nitrogens is 1. The maximum Gasteiger partial charge on any atom is 0.261 e. The second-order valence-electron chi connectivity index (χ2n) is 6.36. The number of anilines is 1. The van der Waals surface area contributed by atoms with Crippen LogP contribution in [0, 0.1) is 0 Å². The van der Waals surface area contributed by atoms with Gasteiger partial charge in [-0.25, -0.2) is 0 Å². The molecule has 1 aliphatic carbocycles. The van der Waals surface area contributed by atoms with E-state index in [-0.39, 0.29) is 11.3 Å². The summed E-state index contributed by atoms with van der Waals surface area (Å²) < 4.78 is 5.58. The number of carbonyl (C=O) groups is 2. The highest BCUT2D eigenvalue weighted by molar-refractivity contribution is 6.06. The molecule has 6 nitrogen and oxygen atoms in total. The fourth-order valence-electron chi connectivity index (χ4n) is 2.91. The molecule has 1 amide bonds. The van der Waals surface area contributed by atoms with Gasteiger partial charge in [0.2, 0.25) is 0 Å². The fourth-order valence-corrected chi connectivity index (χ4v) is 2.91. The minimum atomic E-state index is -0.535. The monoisotopic (exact) mass is 354 g/mol. The van der Waals surface area contributed by atoms with E-state index in [1.165, 1.54) is 6.07 Å². The van der Waals surface area contributed by atoms with Gasteiger partial charge in [-0.2, -0.15) is 0 Å². The van der Waals surface area contributed by atoms with Crippen LogP contribution in [-0.2, 0) is 6.42 Å². The van der Waals surface area contributed by atoms with Gasteiger partial charge in [0.05, 0.1) is 6.61 Å². The number of hydrogen-bond donors (Lipinski definition) is 2. The van der Waals surface area contributed by atoms with Crippen LogP contribution in [0.25, 0.3) is 0 Å². The lowest BCUT2D eigenvalue weighted by atomic mass is 9.93. The molecule has 0 saturated carbocycles. The number of aromatic amines is 1. The smallest absolute Gasteiger partial charge is 0.261 e. The molecule has 0 fully saturated rings. The van der Waals surface area contributed by atoms with E-state index in [4.69, 9.17) is 4.74 Å². The number of unbranched alkanes of at least 4 members (excludes halogenated alkanes) is 1. The zero-order chi connectivity index (χ0) is 18.5. The quantitative estimate of drug-likeness (QED) is 0.779. The minimum absolute atomic E-state index is 0.0369. The van der Waals surface area contributed by atoms with Crippen molar-refractivity contribution < 1.29 is 14.3 Å². The molecule has 0 aliphatic heterocycles. The number of hydrogen-bond acceptors (Lipinski definition) is 4. The Morgan fingerprint density at radius 3 is 2.69 bits per heavy atom.